The molecule has 0 saturated heterocycles. The first-order valence-corrected chi connectivity index (χ1v) is 12.8. The van der Waals surface area contributed by atoms with E-state index in [2.05, 4.69) is 16.8 Å². The number of amides is 2. The third-order valence-corrected chi connectivity index (χ3v) is 7.03. The maximum absolute atomic E-state index is 14.5. The average molecular weight is 506 g/mol. The van der Waals surface area contributed by atoms with Gasteiger partial charge in [-0.1, -0.05) is 55.0 Å². The second-order valence-corrected chi connectivity index (χ2v) is 9.53. The van der Waals surface area contributed by atoms with Gasteiger partial charge in [-0.05, 0) is 67.4 Å². The third-order valence-electron chi connectivity index (χ3n) is 7.03. The van der Waals surface area contributed by atoms with E-state index in [1.807, 2.05) is 90.6 Å². The molecule has 0 spiro atoms. The lowest BCUT2D eigenvalue weighted by atomic mass is 10.0. The fourth-order valence-electron chi connectivity index (χ4n) is 5.21. The number of anilines is 1. The van der Waals surface area contributed by atoms with Gasteiger partial charge < -0.3 is 14.8 Å². The van der Waals surface area contributed by atoms with Gasteiger partial charge >= 0.3 is 6.03 Å². The third kappa shape index (κ3) is 4.16. The molecule has 3 aromatic carbocycles. The summed E-state index contributed by atoms with van der Waals surface area (Å²) in [5, 5.41) is 8.05. The summed E-state index contributed by atoms with van der Waals surface area (Å²) in [7, 11) is 0. The van der Waals surface area contributed by atoms with E-state index < -0.39 is 6.04 Å². The van der Waals surface area contributed by atoms with Crippen molar-refractivity contribution in [1.29, 1.82) is 0 Å². The Morgan fingerprint density at radius 3 is 2.53 bits per heavy atom. The van der Waals surface area contributed by atoms with E-state index in [0.717, 1.165) is 34.0 Å². The van der Waals surface area contributed by atoms with E-state index in [1.54, 1.807) is 11.0 Å². The number of para-hydroxylation sites is 1. The molecule has 190 valence electrons. The predicted octanol–water partition coefficient (Wildman–Crippen LogP) is 6.81. The minimum atomic E-state index is -0.521. The SMILES string of the molecule is CCc1nn(-c2ccccc2)c2c1CN(C(=O)Nc1ccc(C)cc1)[C@@H](c1cccc(F)c1)c1cccn1-2. The quantitative estimate of drug-likeness (QED) is 0.292. The summed E-state index contributed by atoms with van der Waals surface area (Å²) in [4.78, 5) is 15.8. The molecule has 7 heteroatoms. The zero-order valence-corrected chi connectivity index (χ0v) is 21.3. The number of nitrogens with zero attached hydrogens (tertiary/aromatic N) is 4. The number of halogens is 1. The monoisotopic (exact) mass is 505 g/mol. The first-order valence-electron chi connectivity index (χ1n) is 12.8. The highest BCUT2D eigenvalue weighted by molar-refractivity contribution is 5.90. The molecule has 0 aliphatic carbocycles. The van der Waals surface area contributed by atoms with E-state index in [9.17, 15) is 9.18 Å². The lowest BCUT2D eigenvalue weighted by molar-refractivity contribution is 0.194. The van der Waals surface area contributed by atoms with Gasteiger partial charge in [-0.15, -0.1) is 0 Å². The molecule has 38 heavy (non-hydrogen) atoms. The molecule has 0 bridgehead atoms. The van der Waals surface area contributed by atoms with Crippen LogP contribution in [0.5, 0.6) is 0 Å². The fourth-order valence-corrected chi connectivity index (χ4v) is 5.21. The van der Waals surface area contributed by atoms with Gasteiger partial charge in [0.25, 0.3) is 0 Å². The molecular weight excluding hydrogens is 477 g/mol. The van der Waals surface area contributed by atoms with Gasteiger partial charge in [-0.25, -0.2) is 13.9 Å². The Labute approximate surface area is 221 Å². The van der Waals surface area contributed by atoms with Crippen molar-refractivity contribution < 1.29 is 9.18 Å². The molecule has 0 radical (unpaired) electrons. The summed E-state index contributed by atoms with van der Waals surface area (Å²) >= 11 is 0. The lowest BCUT2D eigenvalue weighted by Crippen LogP contribution is -2.38. The van der Waals surface area contributed by atoms with Crippen LogP contribution in [0.25, 0.3) is 11.5 Å². The minimum Gasteiger partial charge on any atom is -0.308 e. The summed E-state index contributed by atoms with van der Waals surface area (Å²) in [6.07, 6.45) is 2.69. The van der Waals surface area contributed by atoms with Crippen molar-refractivity contribution >= 4 is 11.7 Å². The molecule has 2 amide bonds. The number of benzene rings is 3. The van der Waals surface area contributed by atoms with E-state index >= 15 is 0 Å². The van der Waals surface area contributed by atoms with Crippen molar-refractivity contribution in [2.45, 2.75) is 32.9 Å². The van der Waals surface area contributed by atoms with Gasteiger partial charge in [0, 0.05) is 17.4 Å². The summed E-state index contributed by atoms with van der Waals surface area (Å²) in [6.45, 7) is 4.39. The number of carbonyl (C=O) groups is 1. The number of aromatic nitrogens is 3. The van der Waals surface area contributed by atoms with E-state index in [1.165, 1.54) is 12.1 Å². The zero-order valence-electron chi connectivity index (χ0n) is 21.3. The standard InChI is InChI=1S/C31H28FN5O/c1-3-27-26-20-36(31(38)33-24-16-14-21(2)15-17-24)29(22-9-7-10-23(32)19-22)28-13-8-18-35(28)30(26)37(34-27)25-11-5-4-6-12-25/h4-19,29H,3,20H2,1-2H3,(H,33,38)/t29-/m0/s1. The van der Waals surface area contributed by atoms with Gasteiger partial charge in [0.05, 0.1) is 29.7 Å². The molecule has 5 aromatic rings. The number of hydrogen-bond acceptors (Lipinski definition) is 2. The fraction of sp³-hybridized carbons (Fsp3) is 0.161. The Morgan fingerprint density at radius 1 is 1.00 bits per heavy atom. The number of aryl methyl sites for hydroxylation is 2. The van der Waals surface area contributed by atoms with Crippen LogP contribution in [0.15, 0.2) is 97.2 Å². The molecular formula is C31H28FN5O. The zero-order chi connectivity index (χ0) is 26.2. The molecule has 1 aliphatic heterocycles. The summed E-state index contributed by atoms with van der Waals surface area (Å²) in [6, 6.07) is 27.4. The summed E-state index contributed by atoms with van der Waals surface area (Å²) < 4.78 is 18.5. The second kappa shape index (κ2) is 9.67. The van der Waals surface area contributed by atoms with Crippen molar-refractivity contribution in [1.82, 2.24) is 19.2 Å². The van der Waals surface area contributed by atoms with Gasteiger partial charge in [0.15, 0.2) is 0 Å². The van der Waals surface area contributed by atoms with Crippen molar-refractivity contribution in [2.75, 3.05) is 5.32 Å². The van der Waals surface area contributed by atoms with Crippen molar-refractivity contribution in [3.63, 3.8) is 0 Å². The smallest absolute Gasteiger partial charge is 0.308 e. The van der Waals surface area contributed by atoms with Gasteiger partial charge in [-0.2, -0.15) is 5.10 Å². The summed E-state index contributed by atoms with van der Waals surface area (Å²) in [5.41, 5.74) is 6.18. The highest BCUT2D eigenvalue weighted by Gasteiger charge is 2.36. The lowest BCUT2D eigenvalue weighted by Gasteiger charge is -2.31. The molecule has 6 rings (SSSR count). The molecule has 3 heterocycles. The molecule has 6 nitrogen and oxygen atoms in total. The van der Waals surface area contributed by atoms with Gasteiger partial charge in [0.2, 0.25) is 0 Å². The number of nitrogens with one attached hydrogen (secondary N) is 1. The average Bonchev–Trinajstić information content (AvgIpc) is 3.51. The Bertz CT molecular complexity index is 1600. The van der Waals surface area contributed by atoms with Crippen LogP contribution in [0.4, 0.5) is 14.9 Å². The van der Waals surface area contributed by atoms with E-state index in [0.29, 0.717) is 24.2 Å². The number of carbonyl (C=O) groups excluding carboxylic acids is 1. The maximum Gasteiger partial charge on any atom is 0.322 e. The van der Waals surface area contributed by atoms with Crippen LogP contribution in [0.2, 0.25) is 0 Å². The second-order valence-electron chi connectivity index (χ2n) is 9.53. The molecule has 0 fully saturated rings. The van der Waals surface area contributed by atoms with Crippen molar-refractivity contribution in [3.05, 3.63) is 131 Å². The van der Waals surface area contributed by atoms with Crippen LogP contribution in [-0.2, 0) is 13.0 Å². The first-order chi connectivity index (χ1) is 18.5. The largest absolute Gasteiger partial charge is 0.322 e. The minimum absolute atomic E-state index is 0.266. The van der Waals surface area contributed by atoms with E-state index in [4.69, 9.17) is 5.10 Å². The van der Waals surface area contributed by atoms with Crippen molar-refractivity contribution in [3.8, 4) is 11.5 Å². The van der Waals surface area contributed by atoms with Crippen LogP contribution >= 0.6 is 0 Å². The Balaban J connectivity index is 1.55. The van der Waals surface area contributed by atoms with E-state index in [-0.39, 0.29) is 11.8 Å². The molecule has 0 saturated carbocycles. The number of urea groups is 1. The van der Waals surface area contributed by atoms with Crippen molar-refractivity contribution in [2.24, 2.45) is 0 Å². The molecule has 2 aromatic heterocycles. The highest BCUT2D eigenvalue weighted by Crippen LogP contribution is 2.39. The molecule has 0 unspecified atom stereocenters. The maximum atomic E-state index is 14.5. The number of rotatable bonds is 4. The number of fused-ring (bicyclic) bond motifs is 3. The van der Waals surface area contributed by atoms with Crippen LogP contribution in [0, 0.1) is 12.7 Å². The highest BCUT2D eigenvalue weighted by atomic mass is 19.1. The Morgan fingerprint density at radius 2 is 1.79 bits per heavy atom. The predicted molar refractivity (Wildman–Crippen MR) is 146 cm³/mol. The Kier molecular flexibility index (Phi) is 6.04. The van der Waals surface area contributed by atoms with Crippen LogP contribution < -0.4 is 5.32 Å². The topological polar surface area (TPSA) is 55.1 Å². The first kappa shape index (κ1) is 23.7. The molecule has 1 atom stereocenters. The Hall–Kier alpha value is -4.65. The van der Waals surface area contributed by atoms with Crippen LogP contribution in [-0.4, -0.2) is 25.3 Å². The number of hydrogen-bond donors (Lipinski definition) is 1. The van der Waals surface area contributed by atoms with Gasteiger partial charge in [-0.3, -0.25) is 0 Å². The van der Waals surface area contributed by atoms with Gasteiger partial charge in [0.1, 0.15) is 11.6 Å². The van der Waals surface area contributed by atoms with Crippen LogP contribution in [0.3, 0.4) is 0 Å². The molecule has 1 aliphatic rings. The van der Waals surface area contributed by atoms with Crippen LogP contribution in [0.1, 0.15) is 41.0 Å². The normalized spacial score (nSPS) is 14.5. The summed E-state index contributed by atoms with van der Waals surface area (Å²) in [5.74, 6) is 0.547. The molecule has 1 N–H and O–H groups in total.